The molecule has 3 aromatic rings. The Balaban J connectivity index is 1.23. The largest absolute Gasteiger partial charge is 0.508 e. The van der Waals surface area contributed by atoms with Crippen LogP contribution in [0.1, 0.15) is 56.4 Å². The molecule has 5 aliphatic rings. The second kappa shape index (κ2) is 9.61. The van der Waals surface area contributed by atoms with E-state index in [1.165, 1.54) is 12.1 Å². The Morgan fingerprint density at radius 2 is 1.93 bits per heavy atom. The van der Waals surface area contributed by atoms with Gasteiger partial charge in [-0.2, -0.15) is 9.97 Å². The van der Waals surface area contributed by atoms with Crippen LogP contribution in [0.4, 0.5) is 14.6 Å². The molecule has 4 saturated heterocycles. The summed E-state index contributed by atoms with van der Waals surface area (Å²) in [4.78, 5) is 18.4. The molecule has 0 spiro atoms. The van der Waals surface area contributed by atoms with Crippen molar-refractivity contribution in [3.63, 3.8) is 0 Å². The van der Waals surface area contributed by atoms with E-state index in [4.69, 9.17) is 21.3 Å². The van der Waals surface area contributed by atoms with E-state index in [1.807, 2.05) is 0 Å². The van der Waals surface area contributed by atoms with E-state index in [0.29, 0.717) is 46.8 Å². The molecule has 11 heteroatoms. The number of pyridine rings is 1. The first-order valence-corrected chi connectivity index (χ1v) is 15.2. The van der Waals surface area contributed by atoms with Crippen LogP contribution in [-0.2, 0) is 0 Å². The van der Waals surface area contributed by atoms with Crippen molar-refractivity contribution in [1.82, 2.24) is 25.2 Å². The molecule has 4 aliphatic heterocycles. The van der Waals surface area contributed by atoms with Crippen molar-refractivity contribution in [2.75, 3.05) is 37.7 Å². The topological polar surface area (TPSA) is 86.6 Å². The lowest BCUT2D eigenvalue weighted by Gasteiger charge is -2.34. The predicted octanol–water partition coefficient (Wildman–Crippen LogP) is 4.96. The molecule has 0 radical (unpaired) electrons. The number of hydrogen-bond donors (Lipinski definition) is 2. The van der Waals surface area contributed by atoms with E-state index in [9.17, 15) is 9.50 Å². The summed E-state index contributed by atoms with van der Waals surface area (Å²) in [5, 5.41) is 14.9. The number of alkyl halides is 1. The molecule has 5 fully saturated rings. The first-order valence-electron chi connectivity index (χ1n) is 14.8. The van der Waals surface area contributed by atoms with E-state index in [0.717, 1.165) is 63.7 Å². The fourth-order valence-corrected chi connectivity index (χ4v) is 8.09. The van der Waals surface area contributed by atoms with Gasteiger partial charge in [-0.25, -0.2) is 8.78 Å². The smallest absolute Gasteiger partial charge is 0.319 e. The van der Waals surface area contributed by atoms with E-state index in [-0.39, 0.29) is 41.0 Å². The lowest BCUT2D eigenvalue weighted by molar-refractivity contribution is 0.107. The summed E-state index contributed by atoms with van der Waals surface area (Å²) in [5.74, 6) is 0.185. The minimum Gasteiger partial charge on any atom is -0.508 e. The van der Waals surface area contributed by atoms with Crippen molar-refractivity contribution in [3.05, 3.63) is 34.7 Å². The van der Waals surface area contributed by atoms with Crippen molar-refractivity contribution in [2.45, 2.75) is 74.7 Å². The molecule has 1 aliphatic carbocycles. The molecule has 6 heterocycles. The zero-order valence-corrected chi connectivity index (χ0v) is 23.5. The Hall–Kier alpha value is -2.82. The number of fused-ring (bicyclic) bond motifs is 4. The van der Waals surface area contributed by atoms with Crippen molar-refractivity contribution in [2.24, 2.45) is 0 Å². The molecule has 2 aromatic heterocycles. The average molecular weight is 583 g/mol. The predicted molar refractivity (Wildman–Crippen MR) is 152 cm³/mol. The van der Waals surface area contributed by atoms with Crippen LogP contribution >= 0.6 is 11.6 Å². The number of aromatic hydroxyl groups is 1. The van der Waals surface area contributed by atoms with Gasteiger partial charge >= 0.3 is 6.01 Å². The number of nitrogens with one attached hydrogen (secondary N) is 1. The Bertz CT molecular complexity index is 1530. The lowest BCUT2D eigenvalue weighted by atomic mass is 9.95. The molecule has 8 rings (SSSR count). The zero-order chi connectivity index (χ0) is 27.9. The first-order chi connectivity index (χ1) is 19.9. The van der Waals surface area contributed by atoms with Gasteiger partial charge in [-0.15, -0.1) is 0 Å². The van der Waals surface area contributed by atoms with Gasteiger partial charge in [0, 0.05) is 54.9 Å². The zero-order valence-electron chi connectivity index (χ0n) is 22.8. The van der Waals surface area contributed by atoms with Crippen LogP contribution in [-0.4, -0.2) is 81.5 Å². The van der Waals surface area contributed by atoms with E-state index < -0.39 is 12.0 Å². The monoisotopic (exact) mass is 582 g/mol. The molecule has 216 valence electrons. The molecule has 2 bridgehead atoms. The van der Waals surface area contributed by atoms with Gasteiger partial charge in [0.2, 0.25) is 0 Å². The quantitative estimate of drug-likeness (QED) is 0.422. The van der Waals surface area contributed by atoms with Crippen LogP contribution in [0.2, 0.25) is 5.02 Å². The SMILES string of the molecule is Oc1cc(Cl)c(C2CC2)c(-c2ncc3c(N4C[C@H]5CC[C@@H](C4)N5)nc(OC[C@@]45CCCN4C[C@H](F)C5)nc3c2F)c1. The van der Waals surface area contributed by atoms with Gasteiger partial charge in [0.25, 0.3) is 0 Å². The van der Waals surface area contributed by atoms with Crippen LogP contribution in [0.25, 0.3) is 22.2 Å². The standard InChI is InChI=1S/C30H33ClF2N6O2/c31-23-9-20(40)8-21(24(23)16-2-3-16)26-25(33)27-22(11-34-26)28(38-13-18-4-5-19(14-38)35-18)37-29(36-27)41-15-30-6-1-7-39(30)12-17(32)10-30/h8-9,11,16-19,35,40H,1-7,10,12-15H2/t17-,18-,19+,30+/m1/s1. The molecular weight excluding hydrogens is 550 g/mol. The van der Waals surface area contributed by atoms with Crippen molar-refractivity contribution < 1.29 is 18.6 Å². The Morgan fingerprint density at radius 3 is 2.71 bits per heavy atom. The molecule has 41 heavy (non-hydrogen) atoms. The van der Waals surface area contributed by atoms with Crippen LogP contribution in [0.15, 0.2) is 18.3 Å². The minimum atomic E-state index is -0.871. The number of phenols is 1. The van der Waals surface area contributed by atoms with Crippen molar-refractivity contribution >= 4 is 28.3 Å². The molecule has 0 amide bonds. The van der Waals surface area contributed by atoms with Gasteiger partial charge in [0.1, 0.15) is 35.6 Å². The summed E-state index contributed by atoms with van der Waals surface area (Å²) in [6.45, 7) is 3.05. The number of rotatable bonds is 6. The first kappa shape index (κ1) is 25.9. The third kappa shape index (κ3) is 4.41. The number of aromatic nitrogens is 3. The van der Waals surface area contributed by atoms with Crippen LogP contribution in [0, 0.1) is 5.82 Å². The minimum absolute atomic E-state index is 0.0394. The molecule has 8 nitrogen and oxygen atoms in total. The lowest BCUT2D eigenvalue weighted by Crippen LogP contribution is -2.51. The second-order valence-corrected chi connectivity index (χ2v) is 13.0. The van der Waals surface area contributed by atoms with Crippen LogP contribution in [0.5, 0.6) is 11.8 Å². The maximum atomic E-state index is 16.6. The van der Waals surface area contributed by atoms with Crippen LogP contribution < -0.4 is 15.0 Å². The number of ether oxygens (including phenoxy) is 1. The van der Waals surface area contributed by atoms with Gasteiger partial charge in [-0.1, -0.05) is 11.6 Å². The highest BCUT2D eigenvalue weighted by molar-refractivity contribution is 6.32. The number of anilines is 1. The normalized spacial score (nSPS) is 29.4. The molecule has 1 saturated carbocycles. The average Bonchev–Trinajstić information content (AvgIpc) is 3.52. The maximum absolute atomic E-state index is 16.6. The number of benzene rings is 1. The summed E-state index contributed by atoms with van der Waals surface area (Å²) >= 11 is 6.53. The Labute approximate surface area is 242 Å². The number of phenolic OH excluding ortho intramolecular Hbond substituents is 1. The second-order valence-electron chi connectivity index (χ2n) is 12.6. The third-order valence-corrected chi connectivity index (χ3v) is 10.1. The summed E-state index contributed by atoms with van der Waals surface area (Å²) in [6.07, 6.45) is 7.16. The Morgan fingerprint density at radius 1 is 1.12 bits per heavy atom. The van der Waals surface area contributed by atoms with Gasteiger partial charge in [-0.05, 0) is 68.7 Å². The number of nitrogens with zero attached hydrogens (tertiary/aromatic N) is 5. The molecular formula is C30H33ClF2N6O2. The van der Waals surface area contributed by atoms with Gasteiger partial charge in [-0.3, -0.25) is 9.88 Å². The number of piperazine rings is 1. The highest BCUT2D eigenvalue weighted by Crippen LogP contribution is 2.49. The van der Waals surface area contributed by atoms with E-state index in [1.54, 1.807) is 6.20 Å². The van der Waals surface area contributed by atoms with Crippen molar-refractivity contribution in [3.8, 4) is 23.0 Å². The van der Waals surface area contributed by atoms with E-state index in [2.05, 4.69) is 25.1 Å². The fourth-order valence-electron chi connectivity index (χ4n) is 7.72. The molecule has 0 unspecified atom stereocenters. The van der Waals surface area contributed by atoms with E-state index >= 15 is 4.39 Å². The molecule has 4 atom stereocenters. The van der Waals surface area contributed by atoms with Gasteiger partial charge in [0.05, 0.1) is 10.9 Å². The van der Waals surface area contributed by atoms with Crippen LogP contribution in [0.3, 0.4) is 0 Å². The molecule has 1 aromatic carbocycles. The highest BCUT2D eigenvalue weighted by atomic mass is 35.5. The third-order valence-electron chi connectivity index (χ3n) is 9.75. The molecule has 2 N–H and O–H groups in total. The Kier molecular flexibility index (Phi) is 6.06. The fraction of sp³-hybridized carbons (Fsp3) is 0.567. The summed E-state index contributed by atoms with van der Waals surface area (Å²) in [5.41, 5.74) is 1.15. The number of halogens is 3. The summed E-state index contributed by atoms with van der Waals surface area (Å²) in [6, 6.07) is 3.82. The maximum Gasteiger partial charge on any atom is 0.319 e. The number of hydrogen-bond acceptors (Lipinski definition) is 8. The van der Waals surface area contributed by atoms with Crippen molar-refractivity contribution in [1.29, 1.82) is 0 Å². The van der Waals surface area contributed by atoms with Gasteiger partial charge in [0.15, 0.2) is 5.82 Å². The summed E-state index contributed by atoms with van der Waals surface area (Å²) in [7, 11) is 0. The summed E-state index contributed by atoms with van der Waals surface area (Å²) < 4.78 is 37.2. The van der Waals surface area contributed by atoms with Gasteiger partial charge < -0.3 is 20.1 Å². The highest BCUT2D eigenvalue weighted by Gasteiger charge is 2.49.